The number of methoxy groups -OCH3 is 2. The van der Waals surface area contributed by atoms with E-state index in [1.807, 2.05) is 6.07 Å². The van der Waals surface area contributed by atoms with E-state index < -0.39 is 0 Å². The fourth-order valence-electron chi connectivity index (χ4n) is 4.92. The Hall–Kier alpha value is -1.72. The normalized spacial score (nSPS) is 20.2. The van der Waals surface area contributed by atoms with Gasteiger partial charge in [-0.2, -0.15) is 0 Å². The maximum atomic E-state index is 5.99. The van der Waals surface area contributed by atoms with Crippen molar-refractivity contribution >= 4 is 15.9 Å². The van der Waals surface area contributed by atoms with Gasteiger partial charge in [0.25, 0.3) is 0 Å². The van der Waals surface area contributed by atoms with Crippen LogP contribution in [0.25, 0.3) is 0 Å². The van der Waals surface area contributed by atoms with Gasteiger partial charge >= 0.3 is 0 Å². The second-order valence-electron chi connectivity index (χ2n) is 8.36. The average Bonchev–Trinajstić information content (AvgIpc) is 3.00. The molecule has 0 bridgehead atoms. The van der Waals surface area contributed by atoms with Crippen LogP contribution in [0.15, 0.2) is 40.9 Å². The van der Waals surface area contributed by atoms with Crippen LogP contribution in [-0.2, 0) is 0 Å². The standard InChI is InChI=1S/C25H32BrNO3/c1-28-22-9-8-20(17-24(22)29-2)18-10-13-27(14-11-18)15-12-19-5-4-16-30-23-7-3-6-21(26)25(19)23/h3,6-9,17-19H,4-5,10-16H2,1-2H3. The SMILES string of the molecule is COc1ccc(C2CCN(CCC3CCCOc4cccc(Br)c43)CC2)cc1OC. The molecule has 0 aliphatic carbocycles. The van der Waals surface area contributed by atoms with E-state index in [0.717, 1.165) is 49.9 Å². The summed E-state index contributed by atoms with van der Waals surface area (Å²) in [5.74, 6) is 3.87. The number of hydrogen-bond donors (Lipinski definition) is 0. The average molecular weight is 474 g/mol. The number of benzene rings is 2. The predicted octanol–water partition coefficient (Wildman–Crippen LogP) is 5.99. The van der Waals surface area contributed by atoms with Crippen molar-refractivity contribution in [3.63, 3.8) is 0 Å². The molecule has 1 fully saturated rings. The molecule has 4 nitrogen and oxygen atoms in total. The third kappa shape index (κ3) is 4.78. The third-order valence-electron chi connectivity index (χ3n) is 6.64. The summed E-state index contributed by atoms with van der Waals surface area (Å²) in [5.41, 5.74) is 2.74. The zero-order valence-corrected chi connectivity index (χ0v) is 19.6. The van der Waals surface area contributed by atoms with E-state index in [-0.39, 0.29) is 0 Å². The number of rotatable bonds is 6. The molecule has 0 amide bonds. The number of fused-ring (bicyclic) bond motifs is 1. The van der Waals surface area contributed by atoms with Gasteiger partial charge in [0, 0.05) is 10.0 Å². The Balaban J connectivity index is 1.34. The summed E-state index contributed by atoms with van der Waals surface area (Å²) in [7, 11) is 3.40. The van der Waals surface area contributed by atoms with E-state index in [0.29, 0.717) is 11.8 Å². The van der Waals surface area contributed by atoms with E-state index in [2.05, 4.69) is 51.2 Å². The lowest BCUT2D eigenvalue weighted by Gasteiger charge is -2.33. The molecule has 0 aromatic heterocycles. The quantitative estimate of drug-likeness (QED) is 0.515. The van der Waals surface area contributed by atoms with Gasteiger partial charge in [-0.15, -0.1) is 0 Å². The summed E-state index contributed by atoms with van der Waals surface area (Å²) in [5, 5.41) is 0. The van der Waals surface area contributed by atoms with Gasteiger partial charge in [0.05, 0.1) is 20.8 Å². The third-order valence-corrected chi connectivity index (χ3v) is 7.33. The minimum absolute atomic E-state index is 0.571. The Morgan fingerprint density at radius 2 is 1.83 bits per heavy atom. The summed E-state index contributed by atoms with van der Waals surface area (Å²) < 4.78 is 18.1. The van der Waals surface area contributed by atoms with E-state index in [4.69, 9.17) is 14.2 Å². The summed E-state index contributed by atoms with van der Waals surface area (Å²) in [6, 6.07) is 12.7. The van der Waals surface area contributed by atoms with Gasteiger partial charge in [-0.3, -0.25) is 0 Å². The van der Waals surface area contributed by atoms with Crippen molar-refractivity contribution < 1.29 is 14.2 Å². The molecule has 1 unspecified atom stereocenters. The van der Waals surface area contributed by atoms with Crippen molar-refractivity contribution in [2.75, 3.05) is 40.5 Å². The minimum Gasteiger partial charge on any atom is -0.493 e. The van der Waals surface area contributed by atoms with E-state index in [9.17, 15) is 0 Å². The smallest absolute Gasteiger partial charge is 0.160 e. The van der Waals surface area contributed by atoms with Crippen LogP contribution in [0.2, 0.25) is 0 Å². The Kier molecular flexibility index (Phi) is 7.21. The molecule has 2 aromatic carbocycles. The van der Waals surface area contributed by atoms with Gasteiger partial charge in [0.2, 0.25) is 0 Å². The predicted molar refractivity (Wildman–Crippen MR) is 124 cm³/mol. The van der Waals surface area contributed by atoms with Gasteiger partial charge in [-0.25, -0.2) is 0 Å². The molecule has 5 heteroatoms. The molecule has 2 aromatic rings. The van der Waals surface area contributed by atoms with Crippen LogP contribution in [-0.4, -0.2) is 45.4 Å². The first-order valence-electron chi connectivity index (χ1n) is 11.0. The highest BCUT2D eigenvalue weighted by Crippen LogP contribution is 2.40. The van der Waals surface area contributed by atoms with E-state index >= 15 is 0 Å². The van der Waals surface area contributed by atoms with Crippen molar-refractivity contribution in [1.29, 1.82) is 0 Å². The first kappa shape index (κ1) is 21.5. The summed E-state index contributed by atoms with van der Waals surface area (Å²) in [4.78, 5) is 2.64. The fourth-order valence-corrected chi connectivity index (χ4v) is 5.59. The summed E-state index contributed by atoms with van der Waals surface area (Å²) in [6.45, 7) is 4.30. The molecule has 0 spiro atoms. The zero-order valence-electron chi connectivity index (χ0n) is 18.0. The van der Waals surface area contributed by atoms with E-state index in [1.165, 1.54) is 41.3 Å². The molecule has 0 N–H and O–H groups in total. The molecule has 0 radical (unpaired) electrons. The molecule has 162 valence electrons. The number of ether oxygens (including phenoxy) is 3. The molecular weight excluding hydrogens is 442 g/mol. The summed E-state index contributed by atoms with van der Waals surface area (Å²) >= 11 is 3.77. The van der Waals surface area contributed by atoms with Crippen molar-refractivity contribution in [1.82, 2.24) is 4.90 Å². The topological polar surface area (TPSA) is 30.9 Å². The second kappa shape index (κ2) is 10.1. The molecular formula is C25H32BrNO3. The van der Waals surface area contributed by atoms with Gasteiger partial charge in [0.1, 0.15) is 5.75 Å². The van der Waals surface area contributed by atoms with Crippen molar-refractivity contribution in [3.05, 3.63) is 52.0 Å². The maximum Gasteiger partial charge on any atom is 0.160 e. The first-order valence-corrected chi connectivity index (χ1v) is 11.8. The highest BCUT2D eigenvalue weighted by atomic mass is 79.9. The Morgan fingerprint density at radius 3 is 2.60 bits per heavy atom. The first-order chi connectivity index (χ1) is 14.7. The van der Waals surface area contributed by atoms with Gasteiger partial charge in [-0.05, 0) is 93.4 Å². The molecule has 1 saturated heterocycles. The van der Waals surface area contributed by atoms with Gasteiger partial charge in [0.15, 0.2) is 11.5 Å². The van der Waals surface area contributed by atoms with Crippen LogP contribution < -0.4 is 14.2 Å². The zero-order chi connectivity index (χ0) is 20.9. The molecule has 1 atom stereocenters. The Labute approximate surface area is 188 Å². The van der Waals surface area contributed by atoms with Crippen molar-refractivity contribution in [2.45, 2.75) is 43.9 Å². The van der Waals surface area contributed by atoms with Crippen LogP contribution >= 0.6 is 15.9 Å². The lowest BCUT2D eigenvalue weighted by Crippen LogP contribution is -2.34. The molecule has 2 aliphatic rings. The lowest BCUT2D eigenvalue weighted by atomic mass is 9.88. The second-order valence-corrected chi connectivity index (χ2v) is 9.21. The van der Waals surface area contributed by atoms with Gasteiger partial charge in [-0.1, -0.05) is 28.1 Å². The molecule has 2 heterocycles. The number of halogens is 1. The molecule has 4 rings (SSSR count). The van der Waals surface area contributed by atoms with Gasteiger partial charge < -0.3 is 19.1 Å². The van der Waals surface area contributed by atoms with Crippen molar-refractivity contribution in [2.24, 2.45) is 0 Å². The Morgan fingerprint density at radius 1 is 1.03 bits per heavy atom. The maximum absolute atomic E-state index is 5.99. The fraction of sp³-hybridized carbons (Fsp3) is 0.520. The van der Waals surface area contributed by atoms with Crippen LogP contribution in [0.5, 0.6) is 17.2 Å². The minimum atomic E-state index is 0.571. The molecule has 0 saturated carbocycles. The number of piperidine rings is 1. The van der Waals surface area contributed by atoms with Crippen LogP contribution in [0, 0.1) is 0 Å². The lowest BCUT2D eigenvalue weighted by molar-refractivity contribution is 0.204. The van der Waals surface area contributed by atoms with Crippen LogP contribution in [0.1, 0.15) is 55.1 Å². The van der Waals surface area contributed by atoms with Crippen LogP contribution in [0.4, 0.5) is 0 Å². The largest absolute Gasteiger partial charge is 0.493 e. The number of likely N-dealkylation sites (tertiary alicyclic amines) is 1. The van der Waals surface area contributed by atoms with E-state index in [1.54, 1.807) is 14.2 Å². The molecule has 2 aliphatic heterocycles. The Bertz CT molecular complexity index is 848. The highest BCUT2D eigenvalue weighted by Gasteiger charge is 2.25. The molecule has 30 heavy (non-hydrogen) atoms. The highest BCUT2D eigenvalue weighted by molar-refractivity contribution is 9.10. The van der Waals surface area contributed by atoms with Crippen LogP contribution in [0.3, 0.4) is 0 Å². The summed E-state index contributed by atoms with van der Waals surface area (Å²) in [6.07, 6.45) is 5.93. The number of nitrogens with zero attached hydrogens (tertiary/aromatic N) is 1. The number of hydrogen-bond acceptors (Lipinski definition) is 4. The van der Waals surface area contributed by atoms with Crippen molar-refractivity contribution in [3.8, 4) is 17.2 Å². The monoisotopic (exact) mass is 473 g/mol.